The average molecular weight is 318 g/mol. The number of Topliss-reactive ketones (excluding diaryl/α,β-unsaturated/α-hetero) is 1. The van der Waals surface area contributed by atoms with Gasteiger partial charge < -0.3 is 4.74 Å². The van der Waals surface area contributed by atoms with Gasteiger partial charge in [0.2, 0.25) is 9.84 Å². The smallest absolute Gasteiger partial charge is 0.206 e. The third kappa shape index (κ3) is 2.90. The van der Waals surface area contributed by atoms with Gasteiger partial charge in [0.1, 0.15) is 5.75 Å². The number of hydrogen-bond acceptors (Lipinski definition) is 4. The second-order valence-electron chi connectivity index (χ2n) is 5.17. The molecule has 0 atom stereocenters. The van der Waals surface area contributed by atoms with Crippen molar-refractivity contribution < 1.29 is 17.9 Å². The molecular formula is C17H18O4S. The molecule has 2 aromatic carbocycles. The zero-order valence-electron chi connectivity index (χ0n) is 13.0. The third-order valence-corrected chi connectivity index (χ3v) is 5.29. The van der Waals surface area contributed by atoms with E-state index in [-0.39, 0.29) is 15.6 Å². The molecule has 0 fully saturated rings. The van der Waals surface area contributed by atoms with Crippen molar-refractivity contribution in [2.75, 3.05) is 7.11 Å². The normalized spacial score (nSPS) is 11.3. The molecule has 0 N–H and O–H groups in total. The molecule has 0 saturated carbocycles. The second-order valence-corrected chi connectivity index (χ2v) is 7.12. The first kappa shape index (κ1) is 16.2. The first-order valence-corrected chi connectivity index (χ1v) is 8.27. The molecule has 22 heavy (non-hydrogen) atoms. The maximum atomic E-state index is 12.7. The first-order chi connectivity index (χ1) is 10.3. The van der Waals surface area contributed by atoms with Crippen LogP contribution in [-0.2, 0) is 9.84 Å². The molecule has 0 spiro atoms. The van der Waals surface area contributed by atoms with Crippen LogP contribution in [0.2, 0.25) is 0 Å². The Morgan fingerprint density at radius 1 is 0.955 bits per heavy atom. The predicted molar refractivity (Wildman–Crippen MR) is 84.4 cm³/mol. The van der Waals surface area contributed by atoms with Gasteiger partial charge in [-0.3, -0.25) is 4.79 Å². The third-order valence-electron chi connectivity index (χ3n) is 3.54. The molecule has 0 unspecified atom stereocenters. The van der Waals surface area contributed by atoms with E-state index in [1.54, 1.807) is 38.1 Å². The van der Waals surface area contributed by atoms with Crippen LogP contribution >= 0.6 is 0 Å². The molecule has 0 heterocycles. The van der Waals surface area contributed by atoms with Crippen LogP contribution in [0.1, 0.15) is 28.4 Å². The Bertz CT molecular complexity index is 795. The fourth-order valence-corrected chi connectivity index (χ4v) is 3.96. The average Bonchev–Trinajstić information content (AvgIpc) is 2.46. The van der Waals surface area contributed by atoms with Gasteiger partial charge in [0.05, 0.1) is 16.9 Å². The van der Waals surface area contributed by atoms with Crippen LogP contribution in [0.15, 0.2) is 46.2 Å². The quantitative estimate of drug-likeness (QED) is 0.811. The van der Waals surface area contributed by atoms with Crippen molar-refractivity contribution in [3.05, 3.63) is 53.1 Å². The molecule has 2 aromatic rings. The van der Waals surface area contributed by atoms with Crippen molar-refractivity contribution in [3.8, 4) is 5.75 Å². The lowest BCUT2D eigenvalue weighted by molar-refractivity contribution is 0.101. The van der Waals surface area contributed by atoms with Crippen molar-refractivity contribution in [2.45, 2.75) is 30.6 Å². The van der Waals surface area contributed by atoms with Crippen LogP contribution in [0.3, 0.4) is 0 Å². The van der Waals surface area contributed by atoms with Gasteiger partial charge in [0.15, 0.2) is 5.78 Å². The summed E-state index contributed by atoms with van der Waals surface area (Å²) in [6, 6.07) is 9.33. The van der Waals surface area contributed by atoms with E-state index in [1.807, 2.05) is 0 Å². The highest BCUT2D eigenvalue weighted by Crippen LogP contribution is 2.27. The zero-order valence-corrected chi connectivity index (χ0v) is 13.8. The lowest BCUT2D eigenvalue weighted by Crippen LogP contribution is -2.07. The van der Waals surface area contributed by atoms with Gasteiger partial charge in [-0.2, -0.15) is 0 Å². The molecule has 2 rings (SSSR count). The van der Waals surface area contributed by atoms with Crippen molar-refractivity contribution in [1.29, 1.82) is 0 Å². The van der Waals surface area contributed by atoms with Crippen molar-refractivity contribution in [1.82, 2.24) is 0 Å². The minimum atomic E-state index is -3.62. The van der Waals surface area contributed by atoms with Gasteiger partial charge in [-0.15, -0.1) is 0 Å². The summed E-state index contributed by atoms with van der Waals surface area (Å²) in [6.07, 6.45) is 0. The highest BCUT2D eigenvalue weighted by Gasteiger charge is 2.20. The number of ether oxygens (including phenoxy) is 1. The molecule has 0 aliphatic heterocycles. The zero-order chi connectivity index (χ0) is 16.5. The highest BCUT2D eigenvalue weighted by molar-refractivity contribution is 7.91. The van der Waals surface area contributed by atoms with Crippen LogP contribution in [0.25, 0.3) is 0 Å². The van der Waals surface area contributed by atoms with Gasteiger partial charge in [-0.05, 0) is 68.3 Å². The molecule has 4 nitrogen and oxygen atoms in total. The van der Waals surface area contributed by atoms with E-state index in [2.05, 4.69) is 0 Å². The topological polar surface area (TPSA) is 60.4 Å². The number of benzene rings is 2. The summed E-state index contributed by atoms with van der Waals surface area (Å²) >= 11 is 0. The van der Waals surface area contributed by atoms with E-state index in [1.165, 1.54) is 26.2 Å². The Morgan fingerprint density at radius 3 is 1.86 bits per heavy atom. The lowest BCUT2D eigenvalue weighted by Gasteiger charge is -2.11. The van der Waals surface area contributed by atoms with Gasteiger partial charge in [0, 0.05) is 5.56 Å². The van der Waals surface area contributed by atoms with Crippen LogP contribution in [0.5, 0.6) is 5.75 Å². The minimum absolute atomic E-state index is 0.0663. The maximum Gasteiger partial charge on any atom is 0.206 e. The van der Waals surface area contributed by atoms with Gasteiger partial charge in [-0.1, -0.05) is 0 Å². The number of hydrogen-bond donors (Lipinski definition) is 0. The fraction of sp³-hybridized carbons (Fsp3) is 0.235. The molecule has 0 aliphatic rings. The summed E-state index contributed by atoms with van der Waals surface area (Å²) in [5, 5.41) is 0. The largest absolute Gasteiger partial charge is 0.497 e. The SMILES string of the molecule is COc1ccc(S(=O)(=O)c2cc(C)c(C(C)=O)c(C)c2)cc1. The monoisotopic (exact) mass is 318 g/mol. The highest BCUT2D eigenvalue weighted by atomic mass is 32.2. The molecule has 0 aliphatic carbocycles. The van der Waals surface area contributed by atoms with Crippen molar-refractivity contribution in [2.24, 2.45) is 0 Å². The van der Waals surface area contributed by atoms with Crippen LogP contribution in [0.4, 0.5) is 0 Å². The Kier molecular flexibility index (Phi) is 4.37. The van der Waals surface area contributed by atoms with E-state index in [4.69, 9.17) is 4.74 Å². The number of carbonyl (C=O) groups is 1. The molecular weight excluding hydrogens is 300 g/mol. The fourth-order valence-electron chi connectivity index (χ4n) is 2.53. The number of carbonyl (C=O) groups excluding carboxylic acids is 1. The van der Waals surface area contributed by atoms with Crippen LogP contribution in [0, 0.1) is 13.8 Å². The summed E-state index contributed by atoms with van der Waals surface area (Å²) in [5.41, 5.74) is 1.91. The van der Waals surface area contributed by atoms with Crippen LogP contribution in [-0.4, -0.2) is 21.3 Å². The molecule has 0 saturated heterocycles. The molecule has 0 amide bonds. The Labute approximate surface area is 130 Å². The van der Waals surface area contributed by atoms with Gasteiger partial charge >= 0.3 is 0 Å². The van der Waals surface area contributed by atoms with Gasteiger partial charge in [-0.25, -0.2) is 8.42 Å². The Hall–Kier alpha value is -2.14. The summed E-state index contributed by atoms with van der Waals surface area (Å²) in [4.78, 5) is 12.0. The predicted octanol–water partition coefficient (Wildman–Crippen LogP) is 3.35. The van der Waals surface area contributed by atoms with Crippen molar-refractivity contribution >= 4 is 15.6 Å². The number of methoxy groups -OCH3 is 1. The van der Waals surface area contributed by atoms with Crippen molar-refractivity contribution in [3.63, 3.8) is 0 Å². The number of rotatable bonds is 4. The second kappa shape index (κ2) is 5.93. The summed E-state index contributed by atoms with van der Waals surface area (Å²) < 4.78 is 30.4. The van der Waals surface area contributed by atoms with Crippen LogP contribution < -0.4 is 4.74 Å². The summed E-state index contributed by atoms with van der Waals surface area (Å²) in [7, 11) is -2.09. The number of ketones is 1. The van der Waals surface area contributed by atoms with E-state index in [0.29, 0.717) is 22.4 Å². The maximum absolute atomic E-state index is 12.7. The Balaban J connectivity index is 2.56. The molecule has 0 aromatic heterocycles. The number of sulfone groups is 1. The Morgan fingerprint density at radius 2 is 1.45 bits per heavy atom. The molecule has 0 radical (unpaired) electrons. The first-order valence-electron chi connectivity index (χ1n) is 6.78. The van der Waals surface area contributed by atoms with E-state index in [9.17, 15) is 13.2 Å². The van der Waals surface area contributed by atoms with Gasteiger partial charge in [0.25, 0.3) is 0 Å². The standard InChI is InChI=1S/C17H18O4S/c1-11-9-16(10-12(2)17(11)13(3)18)22(19,20)15-7-5-14(21-4)6-8-15/h5-10H,1-4H3. The van der Waals surface area contributed by atoms with E-state index in [0.717, 1.165) is 0 Å². The summed E-state index contributed by atoms with van der Waals surface area (Å²) in [6.45, 7) is 4.97. The summed E-state index contributed by atoms with van der Waals surface area (Å²) in [5.74, 6) is 0.529. The van der Waals surface area contributed by atoms with E-state index >= 15 is 0 Å². The lowest BCUT2D eigenvalue weighted by atomic mass is 10.0. The molecule has 116 valence electrons. The van der Waals surface area contributed by atoms with E-state index < -0.39 is 9.84 Å². The molecule has 5 heteroatoms. The molecule has 0 bridgehead atoms. The minimum Gasteiger partial charge on any atom is -0.497 e. The number of aryl methyl sites for hydroxylation is 2.